The minimum atomic E-state index is 0.540. The average molecular weight is 365 g/mol. The lowest BCUT2D eigenvalue weighted by molar-refractivity contribution is 0.203. The Labute approximate surface area is 163 Å². The minimum Gasteiger partial charge on any atom is -0.303 e. The van der Waals surface area contributed by atoms with Crippen molar-refractivity contribution in [2.45, 2.75) is 51.0 Å². The summed E-state index contributed by atoms with van der Waals surface area (Å²) >= 11 is 0. The molecule has 1 fully saturated rings. The first-order valence-corrected chi connectivity index (χ1v) is 10.5. The summed E-state index contributed by atoms with van der Waals surface area (Å²) in [5, 5.41) is 0. The number of fused-ring (bicyclic) bond motifs is 1. The third kappa shape index (κ3) is 4.56. The number of piperidine rings is 1. The maximum Gasteiger partial charge on any atom is 0.131 e. The van der Waals surface area contributed by atoms with Crippen molar-refractivity contribution < 1.29 is 0 Å². The van der Waals surface area contributed by atoms with E-state index in [1.807, 2.05) is 0 Å². The van der Waals surface area contributed by atoms with E-state index in [0.29, 0.717) is 11.8 Å². The molecule has 0 radical (unpaired) electrons. The molecule has 4 nitrogen and oxygen atoms in total. The normalized spacial score (nSPS) is 20.4. The van der Waals surface area contributed by atoms with E-state index in [1.165, 1.54) is 55.7 Å². The highest BCUT2D eigenvalue weighted by Crippen LogP contribution is 2.28. The summed E-state index contributed by atoms with van der Waals surface area (Å²) < 4.78 is 0. The Hall–Kier alpha value is -1.78. The molecule has 3 heterocycles. The van der Waals surface area contributed by atoms with Gasteiger partial charge in [-0.2, -0.15) is 0 Å². The molecule has 0 N–H and O–H groups in total. The quantitative estimate of drug-likeness (QED) is 0.807. The molecule has 1 unspecified atom stereocenters. The first kappa shape index (κ1) is 18.6. The highest BCUT2D eigenvalue weighted by molar-refractivity contribution is 5.21. The second-order valence-electron chi connectivity index (χ2n) is 8.40. The van der Waals surface area contributed by atoms with Gasteiger partial charge in [-0.25, -0.2) is 9.97 Å². The van der Waals surface area contributed by atoms with Gasteiger partial charge in [0.2, 0.25) is 0 Å². The summed E-state index contributed by atoms with van der Waals surface area (Å²) in [5.74, 6) is 2.26. The largest absolute Gasteiger partial charge is 0.303 e. The Morgan fingerprint density at radius 3 is 2.67 bits per heavy atom. The molecule has 144 valence electrons. The third-order valence-electron chi connectivity index (χ3n) is 6.34. The second kappa shape index (κ2) is 8.49. The van der Waals surface area contributed by atoms with Crippen LogP contribution in [-0.4, -0.2) is 53.0 Å². The van der Waals surface area contributed by atoms with Crippen LogP contribution in [0.2, 0.25) is 0 Å². The number of hydrogen-bond donors (Lipinski definition) is 0. The molecule has 4 heteroatoms. The molecule has 2 aliphatic rings. The van der Waals surface area contributed by atoms with Crippen LogP contribution in [0.4, 0.5) is 0 Å². The zero-order valence-electron chi connectivity index (χ0n) is 16.8. The van der Waals surface area contributed by atoms with Crippen LogP contribution >= 0.6 is 0 Å². The Balaban J connectivity index is 1.28. The van der Waals surface area contributed by atoms with Gasteiger partial charge in [-0.05, 0) is 57.4 Å². The summed E-state index contributed by atoms with van der Waals surface area (Å²) in [6, 6.07) is 10.9. The Morgan fingerprint density at radius 2 is 1.89 bits per heavy atom. The average Bonchev–Trinajstić information content (AvgIpc) is 2.72. The lowest BCUT2D eigenvalue weighted by atomic mass is 9.93. The van der Waals surface area contributed by atoms with E-state index in [2.05, 4.69) is 60.3 Å². The number of likely N-dealkylation sites (tertiary alicyclic amines) is 1. The van der Waals surface area contributed by atoms with Gasteiger partial charge in [0.05, 0.1) is 0 Å². The molecule has 0 bridgehead atoms. The number of hydrogen-bond acceptors (Lipinski definition) is 4. The van der Waals surface area contributed by atoms with E-state index in [-0.39, 0.29) is 0 Å². The molecule has 0 amide bonds. The number of likely N-dealkylation sites (N-methyl/N-ethyl adjacent to an activating group) is 1. The lowest BCUT2D eigenvalue weighted by Crippen LogP contribution is -2.35. The smallest absolute Gasteiger partial charge is 0.131 e. The van der Waals surface area contributed by atoms with Gasteiger partial charge < -0.3 is 9.80 Å². The van der Waals surface area contributed by atoms with Crippen LogP contribution in [0.25, 0.3) is 0 Å². The molecular formula is C23H32N4. The molecule has 0 saturated carbocycles. The summed E-state index contributed by atoms with van der Waals surface area (Å²) in [6.45, 7) is 8.00. The molecule has 27 heavy (non-hydrogen) atoms. The maximum absolute atomic E-state index is 4.95. The van der Waals surface area contributed by atoms with Crippen molar-refractivity contribution in [3.8, 4) is 0 Å². The van der Waals surface area contributed by atoms with Crippen molar-refractivity contribution in [3.05, 3.63) is 59.2 Å². The maximum atomic E-state index is 4.95. The van der Waals surface area contributed by atoms with Gasteiger partial charge in [0, 0.05) is 42.9 Å². The Kier molecular flexibility index (Phi) is 5.84. The Morgan fingerprint density at radius 1 is 1.11 bits per heavy atom. The van der Waals surface area contributed by atoms with Crippen molar-refractivity contribution in [3.63, 3.8) is 0 Å². The zero-order valence-corrected chi connectivity index (χ0v) is 16.8. The number of aromatic nitrogens is 2. The summed E-state index contributed by atoms with van der Waals surface area (Å²) in [6.07, 6.45) is 6.77. The van der Waals surface area contributed by atoms with Crippen LogP contribution in [0.5, 0.6) is 0 Å². The number of benzene rings is 1. The van der Waals surface area contributed by atoms with Crippen LogP contribution in [0.3, 0.4) is 0 Å². The van der Waals surface area contributed by atoms with E-state index >= 15 is 0 Å². The van der Waals surface area contributed by atoms with Crippen molar-refractivity contribution in [1.29, 1.82) is 0 Å². The van der Waals surface area contributed by atoms with Crippen LogP contribution in [-0.2, 0) is 13.0 Å². The Bertz CT molecular complexity index is 737. The molecule has 1 aromatic heterocycles. The van der Waals surface area contributed by atoms with Gasteiger partial charge in [0.1, 0.15) is 5.82 Å². The number of nitrogens with zero attached hydrogens (tertiary/aromatic N) is 4. The molecule has 1 atom stereocenters. The molecule has 0 aliphatic carbocycles. The van der Waals surface area contributed by atoms with Crippen molar-refractivity contribution in [1.82, 2.24) is 19.8 Å². The number of rotatable bonds is 5. The molecule has 0 spiro atoms. The van der Waals surface area contributed by atoms with Gasteiger partial charge in [-0.1, -0.05) is 37.3 Å². The van der Waals surface area contributed by atoms with Crippen molar-refractivity contribution in [2.24, 2.45) is 0 Å². The minimum absolute atomic E-state index is 0.540. The molecular weight excluding hydrogens is 332 g/mol. The SMILES string of the molecule is CC(CCN1CCC(c2ncc3c(n2)CCN(C)C3)CC1)c1ccccc1. The first-order chi connectivity index (χ1) is 13.2. The van der Waals surface area contributed by atoms with Gasteiger partial charge >= 0.3 is 0 Å². The highest BCUT2D eigenvalue weighted by atomic mass is 15.1. The molecule has 4 rings (SSSR count). The van der Waals surface area contributed by atoms with E-state index in [9.17, 15) is 0 Å². The highest BCUT2D eigenvalue weighted by Gasteiger charge is 2.24. The molecule has 1 saturated heterocycles. The van der Waals surface area contributed by atoms with Gasteiger partial charge in [-0.3, -0.25) is 0 Å². The van der Waals surface area contributed by atoms with E-state index in [1.54, 1.807) is 0 Å². The van der Waals surface area contributed by atoms with Crippen LogP contribution < -0.4 is 0 Å². The fraction of sp³-hybridized carbons (Fsp3) is 0.565. The summed E-state index contributed by atoms with van der Waals surface area (Å²) in [5.41, 5.74) is 4.07. The van der Waals surface area contributed by atoms with Gasteiger partial charge in [0.25, 0.3) is 0 Å². The molecule has 2 aliphatic heterocycles. The zero-order chi connectivity index (χ0) is 18.6. The van der Waals surface area contributed by atoms with Crippen LogP contribution in [0.1, 0.15) is 60.7 Å². The third-order valence-corrected chi connectivity index (χ3v) is 6.34. The first-order valence-electron chi connectivity index (χ1n) is 10.5. The topological polar surface area (TPSA) is 32.3 Å². The summed E-state index contributed by atoms with van der Waals surface area (Å²) in [7, 11) is 2.17. The molecule has 2 aromatic rings. The van der Waals surface area contributed by atoms with Crippen LogP contribution in [0, 0.1) is 0 Å². The predicted octanol–water partition coefficient (Wildman–Crippen LogP) is 3.84. The van der Waals surface area contributed by atoms with Gasteiger partial charge in [-0.15, -0.1) is 0 Å². The predicted molar refractivity (Wildman–Crippen MR) is 110 cm³/mol. The summed E-state index contributed by atoms with van der Waals surface area (Å²) in [4.78, 5) is 14.7. The van der Waals surface area contributed by atoms with Crippen LogP contribution in [0.15, 0.2) is 36.5 Å². The monoisotopic (exact) mass is 364 g/mol. The standard InChI is InChI=1S/C23H32N4/c1-18(19-6-4-3-5-7-19)8-13-27-14-9-20(10-15-27)23-24-16-21-17-26(2)12-11-22(21)25-23/h3-7,16,18,20H,8-15,17H2,1-2H3. The fourth-order valence-electron chi connectivity index (χ4n) is 4.41. The second-order valence-corrected chi connectivity index (χ2v) is 8.40. The van der Waals surface area contributed by atoms with Crippen molar-refractivity contribution in [2.75, 3.05) is 33.2 Å². The van der Waals surface area contributed by atoms with E-state index < -0.39 is 0 Å². The van der Waals surface area contributed by atoms with Gasteiger partial charge in [0.15, 0.2) is 0 Å². The fourth-order valence-corrected chi connectivity index (χ4v) is 4.41. The molecule has 1 aromatic carbocycles. The van der Waals surface area contributed by atoms with E-state index in [0.717, 1.165) is 25.3 Å². The van der Waals surface area contributed by atoms with E-state index in [4.69, 9.17) is 9.97 Å². The lowest BCUT2D eigenvalue weighted by Gasteiger charge is -2.32. The van der Waals surface area contributed by atoms with Crippen molar-refractivity contribution >= 4 is 0 Å².